The number of halogens is 2. The second-order valence-corrected chi connectivity index (χ2v) is 6.62. The Morgan fingerprint density at radius 3 is 2.76 bits per heavy atom. The molecular formula is C16H21Cl2NO2. The van der Waals surface area contributed by atoms with Gasteiger partial charge in [0.25, 0.3) is 5.91 Å². The van der Waals surface area contributed by atoms with Gasteiger partial charge in [0, 0.05) is 12.1 Å². The van der Waals surface area contributed by atoms with Gasteiger partial charge >= 0.3 is 0 Å². The van der Waals surface area contributed by atoms with Crippen LogP contribution in [0, 0.1) is 11.8 Å². The first kappa shape index (κ1) is 16.4. The maximum Gasteiger partial charge on any atom is 0.258 e. The molecule has 0 bridgehead atoms. The summed E-state index contributed by atoms with van der Waals surface area (Å²) < 4.78 is 5.45. The molecule has 1 aliphatic carbocycles. The van der Waals surface area contributed by atoms with Crippen molar-refractivity contribution >= 4 is 29.1 Å². The molecule has 1 saturated carbocycles. The number of rotatable bonds is 4. The van der Waals surface area contributed by atoms with Gasteiger partial charge in [-0.1, -0.05) is 49.9 Å². The van der Waals surface area contributed by atoms with Crippen molar-refractivity contribution in [2.45, 2.75) is 39.2 Å². The van der Waals surface area contributed by atoms with E-state index in [1.165, 1.54) is 12.8 Å². The highest BCUT2D eigenvalue weighted by molar-refractivity contribution is 6.42. The van der Waals surface area contributed by atoms with Crippen LogP contribution in [0.5, 0.6) is 5.75 Å². The maximum atomic E-state index is 12.0. The van der Waals surface area contributed by atoms with Crippen molar-refractivity contribution in [3.8, 4) is 5.75 Å². The van der Waals surface area contributed by atoms with E-state index in [4.69, 9.17) is 27.9 Å². The third kappa shape index (κ3) is 4.52. The Kier molecular flexibility index (Phi) is 5.77. The lowest BCUT2D eigenvalue weighted by Crippen LogP contribution is -2.45. The van der Waals surface area contributed by atoms with Gasteiger partial charge in [0.2, 0.25) is 0 Å². The molecule has 0 radical (unpaired) electrons. The molecule has 1 N–H and O–H groups in total. The largest absolute Gasteiger partial charge is 0.484 e. The van der Waals surface area contributed by atoms with Crippen LogP contribution in [0.3, 0.4) is 0 Å². The Balaban J connectivity index is 1.83. The quantitative estimate of drug-likeness (QED) is 0.893. The molecule has 0 unspecified atom stereocenters. The predicted octanol–water partition coefficient (Wildman–Crippen LogP) is 4.31. The topological polar surface area (TPSA) is 38.3 Å². The lowest BCUT2D eigenvalue weighted by atomic mass is 9.78. The molecule has 1 aliphatic rings. The van der Waals surface area contributed by atoms with Crippen molar-refractivity contribution in [2.24, 2.45) is 11.8 Å². The first-order valence-corrected chi connectivity index (χ1v) is 8.10. The van der Waals surface area contributed by atoms with E-state index in [2.05, 4.69) is 19.2 Å². The smallest absolute Gasteiger partial charge is 0.258 e. The van der Waals surface area contributed by atoms with Crippen molar-refractivity contribution in [2.75, 3.05) is 6.61 Å². The van der Waals surface area contributed by atoms with Crippen molar-refractivity contribution < 1.29 is 9.53 Å². The van der Waals surface area contributed by atoms with E-state index in [0.29, 0.717) is 27.6 Å². The number of ether oxygens (including phenoxy) is 1. The summed E-state index contributed by atoms with van der Waals surface area (Å²) in [7, 11) is 0. The zero-order valence-electron chi connectivity index (χ0n) is 12.4. The zero-order valence-corrected chi connectivity index (χ0v) is 13.9. The highest BCUT2D eigenvalue weighted by Gasteiger charge is 2.28. The standard InChI is InChI=1S/C16H21Cl2NO2/c1-10-4-3-5-15(11(10)2)19-16(20)9-21-12-6-7-13(17)14(18)8-12/h6-8,10-11,15H,3-5,9H2,1-2H3,(H,19,20)/t10-,11+,15+/m0/s1. The molecule has 0 aromatic heterocycles. The van der Waals surface area contributed by atoms with Gasteiger partial charge < -0.3 is 10.1 Å². The summed E-state index contributed by atoms with van der Waals surface area (Å²) in [5, 5.41) is 3.96. The maximum absolute atomic E-state index is 12.0. The van der Waals surface area contributed by atoms with Crippen LogP contribution in [0.25, 0.3) is 0 Å². The lowest BCUT2D eigenvalue weighted by Gasteiger charge is -2.34. The van der Waals surface area contributed by atoms with Crippen LogP contribution >= 0.6 is 23.2 Å². The van der Waals surface area contributed by atoms with Crippen molar-refractivity contribution in [1.82, 2.24) is 5.32 Å². The van der Waals surface area contributed by atoms with E-state index in [0.717, 1.165) is 6.42 Å². The number of nitrogens with one attached hydrogen (secondary N) is 1. The molecular weight excluding hydrogens is 309 g/mol. The van der Waals surface area contributed by atoms with Gasteiger partial charge in [0.05, 0.1) is 10.0 Å². The van der Waals surface area contributed by atoms with Gasteiger partial charge in [-0.15, -0.1) is 0 Å². The fourth-order valence-electron chi connectivity index (χ4n) is 2.75. The van der Waals surface area contributed by atoms with Crippen molar-refractivity contribution in [3.05, 3.63) is 28.2 Å². The summed E-state index contributed by atoms with van der Waals surface area (Å²) in [5.74, 6) is 1.62. The van der Waals surface area contributed by atoms with Gasteiger partial charge in [0.15, 0.2) is 6.61 Å². The van der Waals surface area contributed by atoms with Crippen LogP contribution in [0.1, 0.15) is 33.1 Å². The van der Waals surface area contributed by atoms with Crippen LogP contribution in [-0.4, -0.2) is 18.6 Å². The van der Waals surface area contributed by atoms with Crippen molar-refractivity contribution in [1.29, 1.82) is 0 Å². The van der Waals surface area contributed by atoms with E-state index in [9.17, 15) is 4.79 Å². The summed E-state index contributed by atoms with van der Waals surface area (Å²) in [6.07, 6.45) is 3.46. The predicted molar refractivity (Wildman–Crippen MR) is 86.1 cm³/mol. The molecule has 1 aromatic rings. The Morgan fingerprint density at radius 2 is 2.05 bits per heavy atom. The Morgan fingerprint density at radius 1 is 1.29 bits per heavy atom. The summed E-state index contributed by atoms with van der Waals surface area (Å²) in [6, 6.07) is 5.22. The van der Waals surface area contributed by atoms with E-state index in [1.807, 2.05) is 0 Å². The Labute approximate surface area is 136 Å². The minimum absolute atomic E-state index is 0.00440. The number of carbonyl (C=O) groups is 1. The monoisotopic (exact) mass is 329 g/mol. The van der Waals surface area contributed by atoms with Gasteiger partial charge in [-0.3, -0.25) is 4.79 Å². The van der Waals surface area contributed by atoms with Crippen LogP contribution in [0.15, 0.2) is 18.2 Å². The van der Waals surface area contributed by atoms with Crippen LogP contribution < -0.4 is 10.1 Å². The van der Waals surface area contributed by atoms with E-state index < -0.39 is 0 Å². The molecule has 2 rings (SSSR count). The number of amides is 1. The second kappa shape index (κ2) is 7.37. The minimum atomic E-state index is -0.0907. The number of benzene rings is 1. The minimum Gasteiger partial charge on any atom is -0.484 e. The zero-order chi connectivity index (χ0) is 15.4. The molecule has 21 heavy (non-hydrogen) atoms. The van der Waals surface area contributed by atoms with Gasteiger partial charge in [-0.05, 0) is 30.4 Å². The molecule has 116 valence electrons. The second-order valence-electron chi connectivity index (χ2n) is 5.81. The fourth-order valence-corrected chi connectivity index (χ4v) is 3.04. The van der Waals surface area contributed by atoms with Crippen LogP contribution in [0.4, 0.5) is 0 Å². The summed E-state index contributed by atoms with van der Waals surface area (Å²) in [6.45, 7) is 4.44. The van der Waals surface area contributed by atoms with E-state index in [-0.39, 0.29) is 18.6 Å². The van der Waals surface area contributed by atoms with Crippen LogP contribution in [0.2, 0.25) is 10.0 Å². The molecule has 3 atom stereocenters. The molecule has 1 amide bonds. The summed E-state index contributed by atoms with van der Waals surface area (Å²) in [5.41, 5.74) is 0. The van der Waals surface area contributed by atoms with Gasteiger partial charge in [-0.25, -0.2) is 0 Å². The molecule has 0 aliphatic heterocycles. The number of hydrogen-bond donors (Lipinski definition) is 1. The normalized spacial score (nSPS) is 25.4. The average molecular weight is 330 g/mol. The van der Waals surface area contributed by atoms with Crippen LogP contribution in [-0.2, 0) is 4.79 Å². The lowest BCUT2D eigenvalue weighted by molar-refractivity contribution is -0.124. The third-order valence-corrected chi connectivity index (χ3v) is 5.05. The summed E-state index contributed by atoms with van der Waals surface area (Å²) in [4.78, 5) is 12.0. The Hall–Kier alpha value is -0.930. The highest BCUT2D eigenvalue weighted by Crippen LogP contribution is 2.29. The molecule has 5 heteroatoms. The van der Waals surface area contributed by atoms with E-state index in [1.54, 1.807) is 18.2 Å². The number of carbonyl (C=O) groups excluding carboxylic acids is 1. The fraction of sp³-hybridized carbons (Fsp3) is 0.562. The van der Waals surface area contributed by atoms with Gasteiger partial charge in [-0.2, -0.15) is 0 Å². The molecule has 1 fully saturated rings. The summed E-state index contributed by atoms with van der Waals surface area (Å²) >= 11 is 11.7. The molecule has 0 spiro atoms. The SMILES string of the molecule is C[C@@H]1[C@@H](C)CCC[C@H]1NC(=O)COc1ccc(Cl)c(Cl)c1. The molecule has 1 aromatic carbocycles. The number of hydrogen-bond acceptors (Lipinski definition) is 2. The molecule has 0 saturated heterocycles. The molecule has 3 nitrogen and oxygen atoms in total. The van der Waals surface area contributed by atoms with Gasteiger partial charge in [0.1, 0.15) is 5.75 Å². The molecule has 0 heterocycles. The van der Waals surface area contributed by atoms with Crippen molar-refractivity contribution in [3.63, 3.8) is 0 Å². The van der Waals surface area contributed by atoms with E-state index >= 15 is 0 Å². The first-order valence-electron chi connectivity index (χ1n) is 7.34. The average Bonchev–Trinajstić information content (AvgIpc) is 2.45. The third-order valence-electron chi connectivity index (χ3n) is 4.31. The first-order chi connectivity index (χ1) is 9.97. The Bertz CT molecular complexity index is 507. The highest BCUT2D eigenvalue weighted by atomic mass is 35.5.